The summed E-state index contributed by atoms with van der Waals surface area (Å²) < 4.78 is 0. The van der Waals surface area contributed by atoms with E-state index in [1.54, 1.807) is 0 Å². The normalized spacial score (nSPS) is 13.2. The summed E-state index contributed by atoms with van der Waals surface area (Å²) in [6, 6.07) is 30.5. The second-order valence-electron chi connectivity index (χ2n) is 8.31. The Kier molecular flexibility index (Phi) is 5.09. The fraction of sp³-hybridized carbons (Fsp3) is 0.143. The molecule has 0 spiro atoms. The fourth-order valence-electron chi connectivity index (χ4n) is 4.39. The third-order valence-corrected chi connectivity index (χ3v) is 6.04. The van der Waals surface area contributed by atoms with Gasteiger partial charge in [-0.1, -0.05) is 59.7 Å². The number of hydrogen-bond donors (Lipinski definition) is 3. The van der Waals surface area contributed by atoms with Gasteiger partial charge in [-0.15, -0.1) is 0 Å². The van der Waals surface area contributed by atoms with Crippen LogP contribution in [0.25, 0.3) is 0 Å². The molecule has 0 fully saturated rings. The monoisotopic (exact) mass is 405 g/mol. The summed E-state index contributed by atoms with van der Waals surface area (Å²) in [5.74, 6) is 0.262. The zero-order valence-electron chi connectivity index (χ0n) is 17.9. The molecular formula is C28H27N3. The number of benzene rings is 2. The smallest absolute Gasteiger partial charge is 0.0641 e. The van der Waals surface area contributed by atoms with E-state index in [0.717, 1.165) is 0 Å². The molecule has 3 heteroatoms. The Labute approximate surface area is 183 Å². The molecule has 0 amide bonds. The van der Waals surface area contributed by atoms with Gasteiger partial charge in [0.2, 0.25) is 0 Å². The van der Waals surface area contributed by atoms with Crippen LogP contribution < -0.4 is 0 Å². The quantitative estimate of drug-likeness (QED) is 0.283. The second-order valence-corrected chi connectivity index (χ2v) is 8.31. The van der Waals surface area contributed by atoms with Gasteiger partial charge >= 0.3 is 0 Å². The van der Waals surface area contributed by atoms with Crippen LogP contribution in [0.1, 0.15) is 56.9 Å². The molecule has 0 radical (unpaired) electrons. The predicted molar refractivity (Wildman–Crippen MR) is 127 cm³/mol. The summed E-state index contributed by atoms with van der Waals surface area (Å²) in [4.78, 5) is 10.6. The van der Waals surface area contributed by atoms with Gasteiger partial charge in [0.25, 0.3) is 0 Å². The number of rotatable bonds is 6. The largest absolute Gasteiger partial charge is 0.364 e. The van der Waals surface area contributed by atoms with Gasteiger partial charge in [-0.05, 0) is 61.4 Å². The molecule has 31 heavy (non-hydrogen) atoms. The Balaban J connectivity index is 1.59. The Hall–Kier alpha value is -3.72. The Bertz CT molecular complexity index is 1130. The first-order valence-electron chi connectivity index (χ1n) is 10.8. The lowest BCUT2D eigenvalue weighted by molar-refractivity contribution is 0.851. The number of H-pyrrole nitrogens is 3. The zero-order valence-corrected chi connectivity index (χ0v) is 17.9. The van der Waals surface area contributed by atoms with Gasteiger partial charge in [0.1, 0.15) is 0 Å². The second kappa shape index (κ2) is 8.19. The maximum Gasteiger partial charge on any atom is 0.0641 e. The van der Waals surface area contributed by atoms with Gasteiger partial charge in [0.05, 0.1) is 11.8 Å². The summed E-state index contributed by atoms with van der Waals surface area (Å²) >= 11 is 0. The first kappa shape index (κ1) is 19.3. The van der Waals surface area contributed by atoms with E-state index in [9.17, 15) is 0 Å². The molecule has 0 aliphatic heterocycles. The maximum absolute atomic E-state index is 3.78. The summed E-state index contributed by atoms with van der Waals surface area (Å²) in [6.07, 6.45) is 3.99. The molecule has 3 N–H and O–H groups in total. The SMILES string of the molecule is Cc1ccc([C@H](c2ccc[nH]2)c2ccc([C@@H](c3ccc(C)cc3)c3ccc[nH]3)[nH]2)cc1. The minimum atomic E-state index is 0.131. The van der Waals surface area contributed by atoms with Gasteiger partial charge in [-0.3, -0.25) is 0 Å². The van der Waals surface area contributed by atoms with Crippen LogP contribution in [-0.2, 0) is 0 Å². The van der Waals surface area contributed by atoms with Crippen molar-refractivity contribution in [2.75, 3.05) is 0 Å². The van der Waals surface area contributed by atoms with Crippen molar-refractivity contribution < 1.29 is 0 Å². The average molecular weight is 406 g/mol. The van der Waals surface area contributed by atoms with E-state index in [-0.39, 0.29) is 11.8 Å². The first-order chi connectivity index (χ1) is 15.2. The van der Waals surface area contributed by atoms with Crippen LogP contribution in [0.15, 0.2) is 97.3 Å². The molecule has 0 bridgehead atoms. The van der Waals surface area contributed by atoms with Crippen LogP contribution in [0.2, 0.25) is 0 Å². The molecule has 0 unspecified atom stereocenters. The van der Waals surface area contributed by atoms with E-state index < -0.39 is 0 Å². The van der Waals surface area contributed by atoms with Crippen molar-refractivity contribution in [1.29, 1.82) is 0 Å². The minimum Gasteiger partial charge on any atom is -0.364 e. The van der Waals surface area contributed by atoms with Crippen molar-refractivity contribution in [3.63, 3.8) is 0 Å². The third-order valence-electron chi connectivity index (χ3n) is 6.04. The van der Waals surface area contributed by atoms with Crippen molar-refractivity contribution >= 4 is 0 Å². The van der Waals surface area contributed by atoms with E-state index >= 15 is 0 Å². The molecule has 5 rings (SSSR count). The maximum atomic E-state index is 3.78. The number of nitrogens with one attached hydrogen (secondary N) is 3. The number of aromatic amines is 3. The molecule has 2 aromatic carbocycles. The summed E-state index contributed by atoms with van der Waals surface area (Å²) in [5, 5.41) is 0. The topological polar surface area (TPSA) is 47.4 Å². The first-order valence-corrected chi connectivity index (χ1v) is 10.8. The molecule has 0 aliphatic carbocycles. The van der Waals surface area contributed by atoms with E-state index in [1.165, 1.54) is 45.0 Å². The standard InChI is InChI=1S/C28H27N3/c1-19-7-11-21(12-8-19)27(23-5-3-17-29-23)25-15-16-26(31-25)28(24-6-4-18-30-24)22-13-9-20(2)10-14-22/h3-18,27-31H,1-2H3/t27-,28+. The lowest BCUT2D eigenvalue weighted by atomic mass is 9.92. The molecule has 0 saturated carbocycles. The van der Waals surface area contributed by atoms with Crippen molar-refractivity contribution in [3.05, 3.63) is 142 Å². The van der Waals surface area contributed by atoms with E-state index in [4.69, 9.17) is 0 Å². The Morgan fingerprint density at radius 2 is 0.903 bits per heavy atom. The van der Waals surface area contributed by atoms with E-state index in [1.807, 2.05) is 12.4 Å². The molecule has 3 nitrogen and oxygen atoms in total. The molecule has 5 aromatic rings. The number of hydrogen-bond acceptors (Lipinski definition) is 0. The summed E-state index contributed by atoms with van der Waals surface area (Å²) in [5.41, 5.74) is 9.82. The molecule has 3 heterocycles. The molecule has 2 atom stereocenters. The highest BCUT2D eigenvalue weighted by molar-refractivity contribution is 5.44. The molecular weight excluding hydrogens is 378 g/mol. The van der Waals surface area contributed by atoms with E-state index in [0.29, 0.717) is 0 Å². The summed E-state index contributed by atoms with van der Waals surface area (Å²) in [6.45, 7) is 4.26. The molecule has 154 valence electrons. The van der Waals surface area contributed by atoms with Gasteiger partial charge < -0.3 is 15.0 Å². The van der Waals surface area contributed by atoms with Crippen LogP contribution in [0.4, 0.5) is 0 Å². The highest BCUT2D eigenvalue weighted by Crippen LogP contribution is 2.35. The van der Waals surface area contributed by atoms with E-state index in [2.05, 4.69) is 114 Å². The van der Waals surface area contributed by atoms with Crippen molar-refractivity contribution in [3.8, 4) is 0 Å². The van der Waals surface area contributed by atoms with Crippen LogP contribution in [0.3, 0.4) is 0 Å². The molecule has 0 saturated heterocycles. The van der Waals surface area contributed by atoms with Crippen LogP contribution in [-0.4, -0.2) is 15.0 Å². The third kappa shape index (κ3) is 3.87. The predicted octanol–water partition coefficient (Wildman–Crippen LogP) is 6.65. The average Bonchev–Trinajstić information content (AvgIpc) is 3.55. The molecule has 3 aromatic heterocycles. The Morgan fingerprint density at radius 1 is 0.484 bits per heavy atom. The molecule has 0 aliphatic rings. The fourth-order valence-corrected chi connectivity index (χ4v) is 4.39. The van der Waals surface area contributed by atoms with Gasteiger partial charge in [-0.2, -0.15) is 0 Å². The van der Waals surface area contributed by atoms with Crippen molar-refractivity contribution in [2.24, 2.45) is 0 Å². The van der Waals surface area contributed by atoms with Crippen molar-refractivity contribution in [2.45, 2.75) is 25.7 Å². The van der Waals surface area contributed by atoms with Gasteiger partial charge in [0.15, 0.2) is 0 Å². The van der Waals surface area contributed by atoms with Crippen molar-refractivity contribution in [1.82, 2.24) is 15.0 Å². The van der Waals surface area contributed by atoms with Crippen LogP contribution in [0, 0.1) is 13.8 Å². The van der Waals surface area contributed by atoms with Crippen LogP contribution in [0.5, 0.6) is 0 Å². The van der Waals surface area contributed by atoms with Gasteiger partial charge in [-0.25, -0.2) is 0 Å². The lowest BCUT2D eigenvalue weighted by Gasteiger charge is -2.18. The Morgan fingerprint density at radius 3 is 1.26 bits per heavy atom. The number of aryl methyl sites for hydroxylation is 2. The minimum absolute atomic E-state index is 0.131. The van der Waals surface area contributed by atoms with Gasteiger partial charge in [0, 0.05) is 35.2 Å². The van der Waals surface area contributed by atoms with Crippen LogP contribution >= 0.6 is 0 Å². The zero-order chi connectivity index (χ0) is 21.2. The highest BCUT2D eigenvalue weighted by atomic mass is 14.8. The highest BCUT2D eigenvalue weighted by Gasteiger charge is 2.23. The summed E-state index contributed by atoms with van der Waals surface area (Å²) in [7, 11) is 0. The lowest BCUT2D eigenvalue weighted by Crippen LogP contribution is -2.07. The number of aromatic nitrogens is 3.